The molecule has 2 aromatic carbocycles. The average Bonchev–Trinajstić information content (AvgIpc) is 3.51. The minimum atomic E-state index is -5.14. The molecule has 6 N–H and O–H groups in total. The Balaban J connectivity index is 1.78. The van der Waals surface area contributed by atoms with Crippen molar-refractivity contribution in [3.63, 3.8) is 0 Å². The number of nitrogens with one attached hydrogen (secondary N) is 4. The van der Waals surface area contributed by atoms with Gasteiger partial charge in [-0.05, 0) is 62.1 Å². The van der Waals surface area contributed by atoms with Crippen molar-refractivity contribution in [2.24, 2.45) is 4.99 Å². The number of hydrogen-bond acceptors (Lipinski definition) is 5. The van der Waals surface area contributed by atoms with E-state index in [4.69, 9.17) is 9.47 Å². The number of nitrogens with two attached hydrogens (primary N) is 1. The van der Waals surface area contributed by atoms with E-state index in [0.717, 1.165) is 12.8 Å². The van der Waals surface area contributed by atoms with E-state index in [0.29, 0.717) is 69.5 Å². The average molecular weight is 855 g/mol. The second-order valence-electron chi connectivity index (χ2n) is 13.0. The van der Waals surface area contributed by atoms with Crippen molar-refractivity contribution in [1.82, 2.24) is 10.6 Å². The van der Waals surface area contributed by atoms with E-state index in [1.165, 1.54) is 0 Å². The standard InChI is InChI=1S/C35H43F12N7O4/c1-3-11-57-19-27-5-6-28(20-58-12-4-2)54(27)29(48-7-9-50-30(55)52-25-15-21(32(36,37)38)13-22(16-25)33(39,40)41)49-8-10-51-31(56)53-26-17-23(34(42,43)44)14-24(18-26)35(45,46)47/h13-18,27-28H,3-12,19-20H2,1-2H3,(H5,48,49,50,51,52,53,55,56)/p+1/t27-,28-/m0/s1. The molecule has 0 aliphatic carbocycles. The Labute approximate surface area is 325 Å². The van der Waals surface area contributed by atoms with Gasteiger partial charge in [0.1, 0.15) is 25.2 Å². The highest BCUT2D eigenvalue weighted by Crippen LogP contribution is 2.39. The topological polar surface area (TPSA) is 139 Å². The second kappa shape index (κ2) is 21.0. The maximum atomic E-state index is 13.3. The predicted molar refractivity (Wildman–Crippen MR) is 185 cm³/mol. The molecule has 2 aromatic rings. The molecule has 0 bridgehead atoms. The number of ether oxygens (including phenoxy) is 2. The molecule has 1 heterocycles. The van der Waals surface area contributed by atoms with Gasteiger partial charge in [0, 0.05) is 24.6 Å². The van der Waals surface area contributed by atoms with E-state index in [9.17, 15) is 62.6 Å². The van der Waals surface area contributed by atoms with E-state index in [-0.39, 0.29) is 50.4 Å². The molecule has 1 aliphatic heterocycles. The molecule has 0 saturated carbocycles. The first-order valence-electron chi connectivity index (χ1n) is 18.0. The zero-order valence-electron chi connectivity index (χ0n) is 31.2. The molecule has 11 nitrogen and oxygen atoms in total. The number of carbonyl (C=O) groups excluding carboxylic acids is 1. The van der Waals surface area contributed by atoms with Gasteiger partial charge >= 0.3 is 36.7 Å². The van der Waals surface area contributed by atoms with Crippen LogP contribution in [0, 0.1) is 0 Å². The van der Waals surface area contributed by atoms with Crippen LogP contribution in [-0.4, -0.2) is 87.3 Å². The van der Waals surface area contributed by atoms with Crippen molar-refractivity contribution in [2.75, 3.05) is 63.2 Å². The van der Waals surface area contributed by atoms with E-state index in [1.54, 1.807) is 5.32 Å². The van der Waals surface area contributed by atoms with Gasteiger partial charge in [-0.25, -0.2) is 20.0 Å². The fourth-order valence-corrected chi connectivity index (χ4v) is 5.81. The van der Waals surface area contributed by atoms with E-state index in [1.807, 2.05) is 29.1 Å². The first kappa shape index (κ1) is 47.9. The van der Waals surface area contributed by atoms with Crippen LogP contribution in [0.1, 0.15) is 61.8 Å². The summed E-state index contributed by atoms with van der Waals surface area (Å²) in [5, 5.41) is 23.5. The van der Waals surface area contributed by atoms with Crippen LogP contribution in [0.15, 0.2) is 41.4 Å². The third kappa shape index (κ3) is 15.3. The van der Waals surface area contributed by atoms with Crippen LogP contribution in [0.3, 0.4) is 0 Å². The normalized spacial score (nSPS) is 16.7. The number of aliphatic imine (C=N–C) groups is 1. The lowest BCUT2D eigenvalue weighted by molar-refractivity contribution is -0.666. The lowest BCUT2D eigenvalue weighted by atomic mass is 10.1. The Morgan fingerprint density at radius 1 is 0.707 bits per heavy atom. The Bertz CT molecular complexity index is 1630. The molecule has 23 heteroatoms. The largest absolute Gasteiger partial charge is 0.846 e. The summed E-state index contributed by atoms with van der Waals surface area (Å²) in [6, 6.07) is -1.48. The number of carbonyl (C=O) groups is 1. The first-order chi connectivity index (χ1) is 27.0. The number of rotatable bonds is 16. The van der Waals surface area contributed by atoms with Crippen LogP contribution in [0.2, 0.25) is 0 Å². The number of amides is 2. The van der Waals surface area contributed by atoms with Gasteiger partial charge in [0.2, 0.25) is 0 Å². The highest BCUT2D eigenvalue weighted by molar-refractivity contribution is 5.89. The van der Waals surface area contributed by atoms with Crippen LogP contribution >= 0.6 is 0 Å². The number of quaternary nitrogens is 1. The van der Waals surface area contributed by atoms with Gasteiger partial charge in [-0.15, -0.1) is 0 Å². The summed E-state index contributed by atoms with van der Waals surface area (Å²) in [7, 11) is 0. The van der Waals surface area contributed by atoms with Gasteiger partial charge in [-0.2, -0.15) is 52.7 Å². The number of amidine groups is 1. The Morgan fingerprint density at radius 3 is 1.55 bits per heavy atom. The predicted octanol–water partition coefficient (Wildman–Crippen LogP) is 5.62. The molecule has 0 unspecified atom stereocenters. The van der Waals surface area contributed by atoms with Crippen molar-refractivity contribution in [3.05, 3.63) is 58.7 Å². The molecule has 326 valence electrons. The molecule has 1 aliphatic rings. The molecule has 0 aromatic heterocycles. The zero-order chi connectivity index (χ0) is 43.3. The van der Waals surface area contributed by atoms with E-state index >= 15 is 0 Å². The summed E-state index contributed by atoms with van der Waals surface area (Å²) in [5.74, 6) is 0.450. The minimum absolute atomic E-state index is 0.0580. The van der Waals surface area contributed by atoms with Crippen molar-refractivity contribution in [1.29, 1.82) is 0 Å². The number of guanidine groups is 1. The third-order valence-electron chi connectivity index (χ3n) is 8.34. The van der Waals surface area contributed by atoms with Gasteiger partial charge in [0.15, 0.2) is 0 Å². The maximum Gasteiger partial charge on any atom is 0.441 e. The van der Waals surface area contributed by atoms with Crippen molar-refractivity contribution in [3.8, 4) is 0 Å². The fourth-order valence-electron chi connectivity index (χ4n) is 5.81. The lowest BCUT2D eigenvalue weighted by Gasteiger charge is -2.19. The summed E-state index contributed by atoms with van der Waals surface area (Å²) in [5.41, 5.74) is -8.03. The lowest BCUT2D eigenvalue weighted by Crippen LogP contribution is -2.94. The van der Waals surface area contributed by atoms with Crippen molar-refractivity contribution in [2.45, 2.75) is 76.3 Å². The summed E-state index contributed by atoms with van der Waals surface area (Å²) >= 11 is 0. The van der Waals surface area contributed by atoms with Gasteiger partial charge in [-0.3, -0.25) is 4.99 Å². The smallest absolute Gasteiger partial charge is 0.441 e. The molecular weight excluding hydrogens is 810 g/mol. The molecule has 1 saturated heterocycles. The minimum Gasteiger partial charge on any atom is -0.846 e. The first-order valence-corrected chi connectivity index (χ1v) is 18.0. The van der Waals surface area contributed by atoms with Gasteiger partial charge in [0.25, 0.3) is 0 Å². The van der Waals surface area contributed by atoms with Crippen LogP contribution in [-0.2, 0) is 34.2 Å². The maximum absolute atomic E-state index is 13.3. The summed E-state index contributed by atoms with van der Waals surface area (Å²) in [6.45, 7) is 4.89. The zero-order valence-corrected chi connectivity index (χ0v) is 31.2. The SMILES string of the molecule is CCCOC[C@@H]1CC[C@@H](COCCC)[N+]1=C(NCCN=C([O-])Nc1cc(C(F)(F)F)cc(C(F)(F)F)c1)[NH2+]CCNC(=O)Nc1cc(C(F)(F)F)cc(C(F)(F)F)c1. The molecule has 2 atom stereocenters. The molecule has 0 spiro atoms. The summed E-state index contributed by atoms with van der Waals surface area (Å²) in [4.78, 5) is 16.2. The Hall–Kier alpha value is -4.51. The Kier molecular flexibility index (Phi) is 17.3. The number of anilines is 2. The quantitative estimate of drug-likeness (QED) is 0.0489. The van der Waals surface area contributed by atoms with Crippen LogP contribution in [0.5, 0.6) is 0 Å². The van der Waals surface area contributed by atoms with Gasteiger partial charge in [0.05, 0.1) is 54.6 Å². The molecule has 2 amide bonds. The number of urea groups is 1. The second-order valence-corrected chi connectivity index (χ2v) is 13.0. The number of benzene rings is 2. The number of halogens is 12. The Morgan fingerprint density at radius 2 is 1.14 bits per heavy atom. The molecule has 0 radical (unpaired) electrons. The highest BCUT2D eigenvalue weighted by atomic mass is 19.4. The molecule has 1 fully saturated rings. The van der Waals surface area contributed by atoms with E-state index < -0.39 is 70.4 Å². The summed E-state index contributed by atoms with van der Waals surface area (Å²) in [6.07, 6.45) is -17.7. The third-order valence-corrected chi connectivity index (χ3v) is 8.34. The molecule has 3 rings (SSSR count). The number of alkyl halides is 12. The van der Waals surface area contributed by atoms with Crippen molar-refractivity contribution >= 4 is 29.4 Å². The van der Waals surface area contributed by atoms with Crippen LogP contribution < -0.4 is 31.7 Å². The fraction of sp³-hybridized carbons (Fsp3) is 0.571. The van der Waals surface area contributed by atoms with Crippen molar-refractivity contribution < 1.29 is 82.0 Å². The summed E-state index contributed by atoms with van der Waals surface area (Å²) < 4.78 is 173. The molecular formula is C35H44F12N7O4+. The monoisotopic (exact) mass is 854 g/mol. The van der Waals surface area contributed by atoms with Gasteiger partial charge < -0.3 is 30.5 Å². The van der Waals surface area contributed by atoms with Gasteiger partial charge in [-0.1, -0.05) is 13.8 Å². The van der Waals surface area contributed by atoms with Crippen LogP contribution in [0.4, 0.5) is 68.9 Å². The highest BCUT2D eigenvalue weighted by Gasteiger charge is 2.40. The number of nitrogens with zero attached hydrogens (tertiary/aromatic N) is 2. The van der Waals surface area contributed by atoms with E-state index in [2.05, 4.69) is 15.6 Å². The number of hydrogen-bond donors (Lipinski definition) is 5. The molecule has 58 heavy (non-hydrogen) atoms. The van der Waals surface area contributed by atoms with Crippen LogP contribution in [0.25, 0.3) is 0 Å².